The Hall–Kier alpha value is -1.25. The van der Waals surface area contributed by atoms with Crippen molar-refractivity contribution in [2.24, 2.45) is 0 Å². The summed E-state index contributed by atoms with van der Waals surface area (Å²) in [5.41, 5.74) is 1.20. The Morgan fingerprint density at radius 1 is 1.06 bits per heavy atom. The van der Waals surface area contributed by atoms with Gasteiger partial charge in [-0.05, 0) is 23.8 Å². The lowest BCUT2D eigenvalue weighted by atomic mass is 10.1. The lowest BCUT2D eigenvalue weighted by Gasteiger charge is -2.06. The monoisotopic (exact) mass is 256 g/mol. The van der Waals surface area contributed by atoms with Gasteiger partial charge >= 0.3 is 0 Å². The molecule has 0 heterocycles. The van der Waals surface area contributed by atoms with Crippen molar-refractivity contribution < 1.29 is 9.50 Å². The molecule has 0 fully saturated rings. The van der Waals surface area contributed by atoms with Gasteiger partial charge in [-0.1, -0.05) is 41.4 Å². The Bertz CT molecular complexity index is 541. The van der Waals surface area contributed by atoms with Crippen molar-refractivity contribution in [2.45, 2.75) is 0 Å². The summed E-state index contributed by atoms with van der Waals surface area (Å²) in [5, 5.41) is 9.86. The van der Waals surface area contributed by atoms with Crippen molar-refractivity contribution in [3.63, 3.8) is 0 Å². The fourth-order valence-corrected chi connectivity index (χ4v) is 1.81. The standard InChI is InChI=1S/C12H7Cl2FO/c13-9-3-1-2-8(12(9)14)7-4-5-11(16)10(15)6-7/h1-6,16H. The highest BCUT2D eigenvalue weighted by Crippen LogP contribution is 2.34. The molecule has 4 heteroatoms. The van der Waals surface area contributed by atoms with E-state index in [9.17, 15) is 4.39 Å². The Labute approximate surface area is 102 Å². The zero-order valence-corrected chi connectivity index (χ0v) is 9.56. The number of hydrogen-bond donors (Lipinski definition) is 1. The maximum absolute atomic E-state index is 13.2. The third kappa shape index (κ3) is 1.99. The van der Waals surface area contributed by atoms with Crippen LogP contribution in [0.4, 0.5) is 4.39 Å². The number of phenolic OH excluding ortho intramolecular Hbond substituents is 1. The summed E-state index contributed by atoms with van der Waals surface area (Å²) in [6.45, 7) is 0. The lowest BCUT2D eigenvalue weighted by molar-refractivity contribution is 0.432. The summed E-state index contributed by atoms with van der Waals surface area (Å²) in [5.74, 6) is -1.07. The molecule has 0 saturated carbocycles. The Morgan fingerprint density at radius 3 is 2.50 bits per heavy atom. The van der Waals surface area contributed by atoms with Crippen LogP contribution in [-0.2, 0) is 0 Å². The van der Waals surface area contributed by atoms with E-state index >= 15 is 0 Å². The van der Waals surface area contributed by atoms with E-state index in [1.54, 1.807) is 24.3 Å². The first-order valence-electron chi connectivity index (χ1n) is 4.52. The molecular weight excluding hydrogens is 250 g/mol. The molecule has 0 spiro atoms. The van der Waals surface area contributed by atoms with Gasteiger partial charge in [-0.15, -0.1) is 0 Å². The molecule has 2 rings (SSSR count). The van der Waals surface area contributed by atoms with Crippen LogP contribution in [0.15, 0.2) is 36.4 Å². The highest BCUT2D eigenvalue weighted by atomic mass is 35.5. The Balaban J connectivity index is 2.59. The van der Waals surface area contributed by atoms with E-state index in [0.717, 1.165) is 0 Å². The number of aromatic hydroxyl groups is 1. The minimum absolute atomic E-state index is 0.370. The van der Waals surface area contributed by atoms with Gasteiger partial charge in [0.1, 0.15) is 0 Å². The molecule has 2 aromatic carbocycles. The molecule has 0 unspecified atom stereocenters. The average Bonchev–Trinajstić information content (AvgIpc) is 2.26. The van der Waals surface area contributed by atoms with Crippen LogP contribution in [0.5, 0.6) is 5.75 Å². The smallest absolute Gasteiger partial charge is 0.165 e. The van der Waals surface area contributed by atoms with E-state index in [1.807, 2.05) is 0 Å². The van der Waals surface area contributed by atoms with E-state index in [4.69, 9.17) is 28.3 Å². The zero-order chi connectivity index (χ0) is 11.7. The second-order valence-corrected chi connectivity index (χ2v) is 4.05. The summed E-state index contributed by atoms with van der Waals surface area (Å²) >= 11 is 11.9. The van der Waals surface area contributed by atoms with Gasteiger partial charge in [0, 0.05) is 5.56 Å². The maximum Gasteiger partial charge on any atom is 0.165 e. The van der Waals surface area contributed by atoms with Crippen LogP contribution in [0.3, 0.4) is 0 Å². The quantitative estimate of drug-likeness (QED) is 0.797. The summed E-state index contributed by atoms with van der Waals surface area (Å²) in [6.07, 6.45) is 0. The van der Waals surface area contributed by atoms with Gasteiger partial charge in [0.25, 0.3) is 0 Å². The third-order valence-electron chi connectivity index (χ3n) is 2.21. The van der Waals surface area contributed by atoms with E-state index in [-0.39, 0.29) is 5.75 Å². The molecule has 0 aromatic heterocycles. The van der Waals surface area contributed by atoms with E-state index in [1.165, 1.54) is 12.1 Å². The maximum atomic E-state index is 13.2. The topological polar surface area (TPSA) is 20.2 Å². The fourth-order valence-electron chi connectivity index (χ4n) is 1.40. The summed E-state index contributed by atoms with van der Waals surface area (Å²) in [4.78, 5) is 0. The van der Waals surface area contributed by atoms with E-state index < -0.39 is 5.82 Å². The van der Waals surface area contributed by atoms with Crippen LogP contribution in [0.25, 0.3) is 11.1 Å². The van der Waals surface area contributed by atoms with Crippen LogP contribution in [0.1, 0.15) is 0 Å². The van der Waals surface area contributed by atoms with Crippen LogP contribution in [0, 0.1) is 5.82 Å². The first kappa shape index (κ1) is 11.2. The molecule has 0 amide bonds. The molecule has 0 aliphatic rings. The molecule has 16 heavy (non-hydrogen) atoms. The molecule has 0 atom stereocenters. The second kappa shape index (κ2) is 4.32. The van der Waals surface area contributed by atoms with Crippen LogP contribution < -0.4 is 0 Å². The number of halogens is 3. The van der Waals surface area contributed by atoms with Gasteiger partial charge < -0.3 is 5.11 Å². The first-order valence-corrected chi connectivity index (χ1v) is 5.28. The molecule has 0 aliphatic carbocycles. The summed E-state index contributed by atoms with van der Waals surface area (Å²) < 4.78 is 13.2. The van der Waals surface area contributed by atoms with Crippen molar-refractivity contribution in [2.75, 3.05) is 0 Å². The van der Waals surface area contributed by atoms with Gasteiger partial charge in [0.2, 0.25) is 0 Å². The molecule has 1 N–H and O–H groups in total. The van der Waals surface area contributed by atoms with Gasteiger partial charge in [-0.25, -0.2) is 4.39 Å². The molecule has 82 valence electrons. The Kier molecular flexibility index (Phi) is 3.03. The van der Waals surface area contributed by atoms with Crippen LogP contribution in [0.2, 0.25) is 10.0 Å². The molecule has 1 nitrogen and oxygen atoms in total. The van der Waals surface area contributed by atoms with Crippen LogP contribution >= 0.6 is 23.2 Å². The summed E-state index contributed by atoms with van der Waals surface area (Å²) in [7, 11) is 0. The second-order valence-electron chi connectivity index (χ2n) is 3.27. The molecule has 0 aliphatic heterocycles. The lowest BCUT2D eigenvalue weighted by Crippen LogP contribution is -1.83. The molecule has 2 aromatic rings. The van der Waals surface area contributed by atoms with Crippen molar-refractivity contribution in [1.82, 2.24) is 0 Å². The SMILES string of the molecule is Oc1ccc(-c2cccc(Cl)c2Cl)cc1F. The normalized spacial score (nSPS) is 10.4. The van der Waals surface area contributed by atoms with Gasteiger partial charge in [0.05, 0.1) is 10.0 Å². The number of phenols is 1. The minimum Gasteiger partial charge on any atom is -0.505 e. The van der Waals surface area contributed by atoms with Crippen molar-refractivity contribution in [1.29, 1.82) is 0 Å². The zero-order valence-electron chi connectivity index (χ0n) is 8.05. The predicted molar refractivity (Wildman–Crippen MR) is 63.5 cm³/mol. The van der Waals surface area contributed by atoms with E-state index in [0.29, 0.717) is 21.2 Å². The number of benzene rings is 2. The average molecular weight is 257 g/mol. The van der Waals surface area contributed by atoms with Crippen LogP contribution in [-0.4, -0.2) is 5.11 Å². The predicted octanol–water partition coefficient (Wildman–Crippen LogP) is 4.51. The van der Waals surface area contributed by atoms with Gasteiger partial charge in [-0.3, -0.25) is 0 Å². The minimum atomic E-state index is -0.687. The number of rotatable bonds is 1. The molecular formula is C12H7Cl2FO. The molecule has 0 saturated heterocycles. The Morgan fingerprint density at radius 2 is 1.81 bits per heavy atom. The largest absolute Gasteiger partial charge is 0.505 e. The van der Waals surface area contributed by atoms with Gasteiger partial charge in [-0.2, -0.15) is 0 Å². The van der Waals surface area contributed by atoms with Gasteiger partial charge in [0.15, 0.2) is 11.6 Å². The van der Waals surface area contributed by atoms with Crippen molar-refractivity contribution in [3.05, 3.63) is 52.3 Å². The number of hydrogen-bond acceptors (Lipinski definition) is 1. The van der Waals surface area contributed by atoms with Crippen molar-refractivity contribution >= 4 is 23.2 Å². The molecule has 0 radical (unpaired) electrons. The molecule has 0 bridgehead atoms. The highest BCUT2D eigenvalue weighted by Gasteiger charge is 2.09. The first-order chi connectivity index (χ1) is 7.59. The van der Waals surface area contributed by atoms with E-state index in [2.05, 4.69) is 0 Å². The van der Waals surface area contributed by atoms with Crippen molar-refractivity contribution in [3.8, 4) is 16.9 Å². The fraction of sp³-hybridized carbons (Fsp3) is 0. The third-order valence-corrected chi connectivity index (χ3v) is 3.03. The summed E-state index contributed by atoms with van der Waals surface area (Å²) in [6, 6.07) is 9.20. The highest BCUT2D eigenvalue weighted by molar-refractivity contribution is 6.43.